The molecule has 0 aliphatic heterocycles. The van der Waals surface area contributed by atoms with Crippen LogP contribution in [0.5, 0.6) is 0 Å². The summed E-state index contributed by atoms with van der Waals surface area (Å²) in [6.07, 6.45) is 0.616. The first-order chi connectivity index (χ1) is 11.6. The Labute approximate surface area is 150 Å². The average Bonchev–Trinajstić information content (AvgIpc) is 3.39. The number of nitrogens with zero attached hydrogens (tertiary/aromatic N) is 1. The Morgan fingerprint density at radius 3 is 2.38 bits per heavy atom. The van der Waals surface area contributed by atoms with Crippen molar-refractivity contribution in [3.63, 3.8) is 0 Å². The molecule has 0 spiro atoms. The van der Waals surface area contributed by atoms with Gasteiger partial charge in [0.2, 0.25) is 11.8 Å². The van der Waals surface area contributed by atoms with E-state index in [9.17, 15) is 9.59 Å². The Balaban J connectivity index is 1.62. The molecule has 3 rings (SSSR count). The Kier molecular flexibility index (Phi) is 5.00. The summed E-state index contributed by atoms with van der Waals surface area (Å²) >= 11 is 3.36. The molecular formula is C19H19BrN2O2. The van der Waals surface area contributed by atoms with Crippen molar-refractivity contribution >= 4 is 39.1 Å². The number of para-hydroxylation sites is 1. The Bertz CT molecular complexity index is 731. The number of nitrogens with one attached hydrogen (secondary N) is 1. The van der Waals surface area contributed by atoms with Crippen LogP contribution in [-0.2, 0) is 9.59 Å². The molecule has 2 amide bonds. The summed E-state index contributed by atoms with van der Waals surface area (Å²) in [5, 5.41) is 2.88. The van der Waals surface area contributed by atoms with Gasteiger partial charge in [0.25, 0.3) is 0 Å². The maximum Gasteiger partial charge on any atom is 0.230 e. The SMILES string of the molecule is CCN(C(=O)C1CC1C(=O)Nc1ccc(Br)cc1)c1ccccc1. The molecule has 4 nitrogen and oxygen atoms in total. The summed E-state index contributed by atoms with van der Waals surface area (Å²) in [4.78, 5) is 26.8. The number of hydrogen-bond donors (Lipinski definition) is 1. The van der Waals surface area contributed by atoms with Gasteiger partial charge in [0.1, 0.15) is 0 Å². The van der Waals surface area contributed by atoms with Gasteiger partial charge in [-0.1, -0.05) is 34.1 Å². The largest absolute Gasteiger partial charge is 0.326 e. The molecule has 5 heteroatoms. The highest BCUT2D eigenvalue weighted by molar-refractivity contribution is 9.10. The molecule has 0 heterocycles. The first-order valence-corrected chi connectivity index (χ1v) is 8.82. The van der Waals surface area contributed by atoms with E-state index in [2.05, 4.69) is 21.2 Å². The van der Waals surface area contributed by atoms with E-state index in [1.54, 1.807) is 4.90 Å². The molecule has 0 bridgehead atoms. The molecule has 0 radical (unpaired) electrons. The zero-order valence-electron chi connectivity index (χ0n) is 13.4. The van der Waals surface area contributed by atoms with E-state index in [1.807, 2.05) is 61.5 Å². The van der Waals surface area contributed by atoms with E-state index in [1.165, 1.54) is 0 Å². The number of hydrogen-bond acceptors (Lipinski definition) is 2. The van der Waals surface area contributed by atoms with Gasteiger partial charge in [-0.15, -0.1) is 0 Å². The zero-order chi connectivity index (χ0) is 17.1. The van der Waals surface area contributed by atoms with Crippen LogP contribution in [0.25, 0.3) is 0 Å². The monoisotopic (exact) mass is 386 g/mol. The topological polar surface area (TPSA) is 49.4 Å². The highest BCUT2D eigenvalue weighted by Crippen LogP contribution is 2.41. The summed E-state index contributed by atoms with van der Waals surface area (Å²) in [5.74, 6) is -0.515. The van der Waals surface area contributed by atoms with Crippen LogP contribution in [0, 0.1) is 11.8 Å². The lowest BCUT2D eigenvalue weighted by Gasteiger charge is -2.21. The van der Waals surface area contributed by atoms with Crippen molar-refractivity contribution in [1.29, 1.82) is 0 Å². The summed E-state index contributed by atoms with van der Waals surface area (Å²) in [7, 11) is 0. The first kappa shape index (κ1) is 16.7. The van der Waals surface area contributed by atoms with Crippen LogP contribution in [0.2, 0.25) is 0 Å². The maximum absolute atomic E-state index is 12.7. The minimum absolute atomic E-state index is 0.0275. The fourth-order valence-corrected chi connectivity index (χ4v) is 3.06. The van der Waals surface area contributed by atoms with Gasteiger partial charge in [-0.2, -0.15) is 0 Å². The van der Waals surface area contributed by atoms with E-state index in [0.717, 1.165) is 15.8 Å². The molecule has 2 aromatic rings. The van der Waals surface area contributed by atoms with Crippen molar-refractivity contribution in [3.05, 3.63) is 59.1 Å². The predicted octanol–water partition coefficient (Wildman–Crippen LogP) is 4.08. The van der Waals surface area contributed by atoms with Gasteiger partial charge in [-0.3, -0.25) is 9.59 Å². The number of anilines is 2. The Hall–Kier alpha value is -2.14. The molecule has 2 unspecified atom stereocenters. The second-order valence-corrected chi connectivity index (χ2v) is 6.78. The molecule has 1 saturated carbocycles. The van der Waals surface area contributed by atoms with Crippen LogP contribution in [0.4, 0.5) is 11.4 Å². The second kappa shape index (κ2) is 7.18. The normalized spacial score (nSPS) is 18.8. The van der Waals surface area contributed by atoms with Crippen LogP contribution >= 0.6 is 15.9 Å². The van der Waals surface area contributed by atoms with Gasteiger partial charge in [0.05, 0.1) is 11.8 Å². The van der Waals surface area contributed by atoms with Crippen LogP contribution < -0.4 is 10.2 Å². The summed E-state index contributed by atoms with van der Waals surface area (Å²) < 4.78 is 0.960. The number of amides is 2. The van der Waals surface area contributed by atoms with Crippen molar-refractivity contribution in [2.45, 2.75) is 13.3 Å². The van der Waals surface area contributed by atoms with Gasteiger partial charge in [-0.05, 0) is 49.7 Å². The molecule has 2 atom stereocenters. The number of rotatable bonds is 5. The lowest BCUT2D eigenvalue weighted by molar-refractivity contribution is -0.123. The van der Waals surface area contributed by atoms with Gasteiger partial charge < -0.3 is 10.2 Å². The van der Waals surface area contributed by atoms with Gasteiger partial charge in [-0.25, -0.2) is 0 Å². The second-order valence-electron chi connectivity index (χ2n) is 5.86. The Morgan fingerprint density at radius 1 is 1.08 bits per heavy atom. The van der Waals surface area contributed by atoms with Gasteiger partial charge in [0.15, 0.2) is 0 Å². The van der Waals surface area contributed by atoms with E-state index < -0.39 is 0 Å². The van der Waals surface area contributed by atoms with Crippen molar-refractivity contribution in [3.8, 4) is 0 Å². The minimum atomic E-state index is -0.237. The molecule has 124 valence electrons. The minimum Gasteiger partial charge on any atom is -0.326 e. The number of halogens is 1. The van der Waals surface area contributed by atoms with Crippen LogP contribution in [0.15, 0.2) is 59.1 Å². The summed E-state index contributed by atoms with van der Waals surface area (Å²) in [6.45, 7) is 2.55. The average molecular weight is 387 g/mol. The number of carbonyl (C=O) groups is 2. The lowest BCUT2D eigenvalue weighted by atomic mass is 10.2. The fourth-order valence-electron chi connectivity index (χ4n) is 2.80. The highest BCUT2D eigenvalue weighted by atomic mass is 79.9. The summed E-state index contributed by atoms with van der Waals surface area (Å²) in [5.41, 5.74) is 1.63. The smallest absolute Gasteiger partial charge is 0.230 e. The van der Waals surface area contributed by atoms with E-state index in [-0.39, 0.29) is 23.7 Å². The van der Waals surface area contributed by atoms with Crippen LogP contribution in [0.1, 0.15) is 13.3 Å². The molecule has 1 aliphatic rings. The molecule has 24 heavy (non-hydrogen) atoms. The van der Waals surface area contributed by atoms with Gasteiger partial charge in [0, 0.05) is 22.4 Å². The lowest BCUT2D eigenvalue weighted by Crippen LogP contribution is -2.33. The van der Waals surface area contributed by atoms with Crippen LogP contribution in [-0.4, -0.2) is 18.4 Å². The molecule has 0 aromatic heterocycles. The third kappa shape index (κ3) is 3.67. The highest BCUT2D eigenvalue weighted by Gasteiger charge is 2.49. The third-order valence-electron chi connectivity index (χ3n) is 4.21. The predicted molar refractivity (Wildman–Crippen MR) is 98.8 cm³/mol. The number of benzene rings is 2. The molecule has 0 saturated heterocycles. The van der Waals surface area contributed by atoms with Gasteiger partial charge >= 0.3 is 0 Å². The van der Waals surface area contributed by atoms with Crippen molar-refractivity contribution < 1.29 is 9.59 Å². The summed E-state index contributed by atoms with van der Waals surface area (Å²) in [6, 6.07) is 17.0. The van der Waals surface area contributed by atoms with Crippen molar-refractivity contribution in [2.24, 2.45) is 11.8 Å². The van der Waals surface area contributed by atoms with E-state index >= 15 is 0 Å². The van der Waals surface area contributed by atoms with E-state index in [0.29, 0.717) is 13.0 Å². The number of carbonyl (C=O) groups excluding carboxylic acids is 2. The standard InChI is InChI=1S/C19H19BrN2O2/c1-2-22(15-6-4-3-5-7-15)19(24)17-12-16(17)18(23)21-14-10-8-13(20)9-11-14/h3-11,16-17H,2,12H2,1H3,(H,21,23). The molecular weight excluding hydrogens is 368 g/mol. The maximum atomic E-state index is 12.7. The first-order valence-electron chi connectivity index (χ1n) is 8.03. The molecule has 1 aliphatic carbocycles. The zero-order valence-corrected chi connectivity index (χ0v) is 15.0. The van der Waals surface area contributed by atoms with Crippen LogP contribution in [0.3, 0.4) is 0 Å². The van der Waals surface area contributed by atoms with Crippen molar-refractivity contribution in [1.82, 2.24) is 0 Å². The fraction of sp³-hybridized carbons (Fsp3) is 0.263. The quantitative estimate of drug-likeness (QED) is 0.841. The van der Waals surface area contributed by atoms with Crippen molar-refractivity contribution in [2.75, 3.05) is 16.8 Å². The molecule has 1 N–H and O–H groups in total. The third-order valence-corrected chi connectivity index (χ3v) is 4.73. The Morgan fingerprint density at radius 2 is 1.75 bits per heavy atom. The molecule has 2 aromatic carbocycles. The van der Waals surface area contributed by atoms with E-state index in [4.69, 9.17) is 0 Å². The molecule has 1 fully saturated rings.